The van der Waals surface area contributed by atoms with E-state index in [9.17, 15) is 0 Å². The fraction of sp³-hybridized carbons (Fsp3) is 0.833. The van der Waals surface area contributed by atoms with E-state index >= 15 is 0 Å². The number of aromatic nitrogens is 3. The van der Waals surface area contributed by atoms with Gasteiger partial charge in [0, 0.05) is 6.54 Å². The van der Waals surface area contributed by atoms with Gasteiger partial charge in [0.15, 0.2) is 0 Å². The van der Waals surface area contributed by atoms with Crippen molar-refractivity contribution in [2.24, 2.45) is 5.92 Å². The number of nitrogens with zero attached hydrogens (tertiary/aromatic N) is 3. The van der Waals surface area contributed by atoms with Gasteiger partial charge in [0.2, 0.25) is 8.13 Å². The third-order valence-corrected chi connectivity index (χ3v) is 5.14. The summed E-state index contributed by atoms with van der Waals surface area (Å²) in [4.78, 5) is 0. The molecule has 0 atom stereocenters. The van der Waals surface area contributed by atoms with Gasteiger partial charge in [-0.25, -0.2) is 4.68 Å². The van der Waals surface area contributed by atoms with Gasteiger partial charge in [-0.3, -0.25) is 0 Å². The van der Waals surface area contributed by atoms with E-state index in [2.05, 4.69) is 31.1 Å². The monoisotopic (exact) mass is 379 g/mol. The Balaban J connectivity index is 3.26. The predicted molar refractivity (Wildman–Crippen MR) is 87.1 cm³/mol. The smallest absolute Gasteiger partial charge is 0.228 e. The highest BCUT2D eigenvalue weighted by Crippen LogP contribution is 2.53. The van der Waals surface area contributed by atoms with Crippen LogP contribution in [-0.4, -0.2) is 18.8 Å². The molecule has 0 aliphatic rings. The van der Waals surface area contributed by atoms with E-state index in [0.29, 0.717) is 30.3 Å². The minimum atomic E-state index is -1.87. The van der Waals surface area contributed by atoms with Gasteiger partial charge in [-0.1, -0.05) is 90.4 Å². The van der Waals surface area contributed by atoms with Crippen LogP contribution in [0.15, 0.2) is 0 Å². The second kappa shape index (κ2) is 7.23. The molecule has 0 spiro atoms. The zero-order valence-corrected chi connectivity index (χ0v) is 15.4. The first-order valence-corrected chi connectivity index (χ1v) is 8.37. The van der Waals surface area contributed by atoms with Crippen molar-refractivity contribution in [3.05, 3.63) is 11.4 Å². The standard InChI is InChI=1S/C12H18Cl5N3/c1-4-5-6-20-10(11(13,14)12(15,16)17)9(18-19-20)7-8(2)3/h8H,4-7H2,1-3H3. The quantitative estimate of drug-likeness (QED) is 0.628. The van der Waals surface area contributed by atoms with E-state index in [-0.39, 0.29) is 0 Å². The maximum absolute atomic E-state index is 6.32. The van der Waals surface area contributed by atoms with Gasteiger partial charge in [0.1, 0.15) is 5.69 Å². The Morgan fingerprint density at radius 1 is 1.15 bits per heavy atom. The van der Waals surface area contributed by atoms with Crippen molar-refractivity contribution in [1.82, 2.24) is 15.0 Å². The van der Waals surface area contributed by atoms with Gasteiger partial charge in [-0.05, 0) is 18.8 Å². The molecule has 20 heavy (non-hydrogen) atoms. The van der Waals surface area contributed by atoms with Crippen molar-refractivity contribution in [2.75, 3.05) is 0 Å². The highest BCUT2D eigenvalue weighted by molar-refractivity contribution is 6.75. The van der Waals surface area contributed by atoms with Gasteiger partial charge < -0.3 is 0 Å². The zero-order valence-electron chi connectivity index (χ0n) is 11.6. The molecule has 1 aromatic heterocycles. The lowest BCUT2D eigenvalue weighted by atomic mass is 10.1. The van der Waals surface area contributed by atoms with Crippen molar-refractivity contribution in [3.8, 4) is 0 Å². The molecule has 0 saturated carbocycles. The van der Waals surface area contributed by atoms with E-state index in [1.165, 1.54) is 0 Å². The Hall–Kier alpha value is 0.590. The van der Waals surface area contributed by atoms with Gasteiger partial charge in [0.05, 0.1) is 5.69 Å². The van der Waals surface area contributed by atoms with Crippen LogP contribution >= 0.6 is 58.0 Å². The number of unbranched alkanes of at least 4 members (excludes halogenated alkanes) is 1. The molecule has 0 unspecified atom stereocenters. The summed E-state index contributed by atoms with van der Waals surface area (Å²) in [6.45, 7) is 6.84. The highest BCUT2D eigenvalue weighted by atomic mass is 35.6. The summed E-state index contributed by atoms with van der Waals surface area (Å²) in [5.41, 5.74) is 1.15. The van der Waals surface area contributed by atoms with Crippen LogP contribution in [0, 0.1) is 5.92 Å². The Labute approximate surface area is 144 Å². The summed E-state index contributed by atoms with van der Waals surface area (Å²) in [7, 11) is 0. The minimum absolute atomic E-state index is 0.365. The van der Waals surface area contributed by atoms with Gasteiger partial charge in [0.25, 0.3) is 0 Å². The normalized spacial score (nSPS) is 13.2. The van der Waals surface area contributed by atoms with Gasteiger partial charge in [-0.15, -0.1) is 5.10 Å². The summed E-state index contributed by atoms with van der Waals surface area (Å²) < 4.78 is -1.92. The number of aryl methyl sites for hydroxylation is 1. The first-order chi connectivity index (χ1) is 9.11. The van der Waals surface area contributed by atoms with Crippen LogP contribution in [0.1, 0.15) is 45.0 Å². The Kier molecular flexibility index (Phi) is 6.74. The molecule has 0 radical (unpaired) electrons. The van der Waals surface area contributed by atoms with Crippen molar-refractivity contribution in [3.63, 3.8) is 0 Å². The molecule has 0 bridgehead atoms. The predicted octanol–water partition coefficient (Wildman–Crippen LogP) is 5.28. The van der Waals surface area contributed by atoms with E-state index in [4.69, 9.17) is 58.0 Å². The molecule has 0 aromatic carbocycles. The second-order valence-corrected chi connectivity index (χ2v) is 8.74. The number of hydrogen-bond donors (Lipinski definition) is 0. The number of alkyl halides is 5. The highest BCUT2D eigenvalue weighted by Gasteiger charge is 2.51. The molecule has 3 nitrogen and oxygen atoms in total. The van der Waals surface area contributed by atoms with Crippen LogP contribution < -0.4 is 0 Å². The lowest BCUT2D eigenvalue weighted by Crippen LogP contribution is -2.32. The van der Waals surface area contributed by atoms with Gasteiger partial charge in [-0.2, -0.15) is 0 Å². The fourth-order valence-electron chi connectivity index (χ4n) is 1.82. The van der Waals surface area contributed by atoms with Crippen molar-refractivity contribution < 1.29 is 0 Å². The van der Waals surface area contributed by atoms with E-state index in [1.807, 2.05) is 0 Å². The molecule has 0 fully saturated rings. The van der Waals surface area contributed by atoms with Crippen LogP contribution in [0.5, 0.6) is 0 Å². The Morgan fingerprint density at radius 3 is 2.20 bits per heavy atom. The first kappa shape index (κ1) is 18.6. The summed E-state index contributed by atoms with van der Waals surface area (Å²) in [6, 6.07) is 0. The van der Waals surface area contributed by atoms with E-state index in [0.717, 1.165) is 12.8 Å². The SMILES string of the molecule is CCCCn1nnc(CC(C)C)c1C(Cl)(Cl)C(Cl)(Cl)Cl. The van der Waals surface area contributed by atoms with Crippen LogP contribution in [-0.2, 0) is 17.3 Å². The van der Waals surface area contributed by atoms with Crippen molar-refractivity contribution in [1.29, 1.82) is 0 Å². The van der Waals surface area contributed by atoms with Crippen molar-refractivity contribution in [2.45, 2.75) is 54.7 Å². The summed E-state index contributed by atoms with van der Waals surface area (Å²) in [5.74, 6) is 0.365. The molecule has 0 N–H and O–H groups in total. The van der Waals surface area contributed by atoms with E-state index < -0.39 is 8.13 Å². The third kappa shape index (κ3) is 4.30. The summed E-state index contributed by atoms with van der Waals surface area (Å²) in [5, 5.41) is 8.27. The largest absolute Gasteiger partial charge is 0.246 e. The van der Waals surface area contributed by atoms with Crippen LogP contribution in [0.3, 0.4) is 0 Å². The van der Waals surface area contributed by atoms with Crippen molar-refractivity contribution >= 4 is 58.0 Å². The minimum Gasteiger partial charge on any atom is -0.246 e. The number of halogens is 5. The molecule has 116 valence electrons. The molecule has 1 heterocycles. The second-order valence-electron chi connectivity index (χ2n) is 5.13. The molecule has 1 aromatic rings. The summed E-state index contributed by atoms with van der Waals surface area (Å²) >= 11 is 30.4. The lowest BCUT2D eigenvalue weighted by Gasteiger charge is -2.28. The molecule has 1 rings (SSSR count). The molecule has 0 amide bonds. The average molecular weight is 382 g/mol. The fourth-order valence-corrected chi connectivity index (χ4v) is 2.50. The average Bonchev–Trinajstić information content (AvgIpc) is 2.67. The Bertz CT molecular complexity index is 437. The number of hydrogen-bond acceptors (Lipinski definition) is 2. The van der Waals surface area contributed by atoms with Crippen LogP contribution in [0.2, 0.25) is 0 Å². The Morgan fingerprint density at radius 2 is 1.75 bits per heavy atom. The molecule has 0 aliphatic heterocycles. The maximum Gasteiger partial charge on any atom is 0.228 e. The zero-order chi connectivity index (χ0) is 15.6. The third-order valence-electron chi connectivity index (χ3n) is 2.78. The van der Waals surface area contributed by atoms with Gasteiger partial charge >= 0.3 is 0 Å². The molecular formula is C12H18Cl5N3. The van der Waals surface area contributed by atoms with Crippen LogP contribution in [0.25, 0.3) is 0 Å². The topological polar surface area (TPSA) is 30.7 Å². The molecule has 0 saturated heterocycles. The summed E-state index contributed by atoms with van der Waals surface area (Å²) in [6.07, 6.45) is 2.59. The maximum atomic E-state index is 6.32. The lowest BCUT2D eigenvalue weighted by molar-refractivity contribution is 0.522. The number of rotatable bonds is 6. The van der Waals surface area contributed by atoms with Crippen LogP contribution in [0.4, 0.5) is 0 Å². The first-order valence-electron chi connectivity index (χ1n) is 6.48. The molecule has 0 aliphatic carbocycles. The van der Waals surface area contributed by atoms with E-state index in [1.54, 1.807) is 4.68 Å². The molecular weight excluding hydrogens is 363 g/mol. The molecule has 8 heteroatoms.